The van der Waals surface area contributed by atoms with Gasteiger partial charge in [-0.05, 0) is 48.0 Å². The van der Waals surface area contributed by atoms with E-state index < -0.39 is 23.6 Å². The molecule has 0 heterocycles. The highest BCUT2D eigenvalue weighted by Gasteiger charge is 2.34. The minimum atomic E-state index is -4.56. The summed E-state index contributed by atoms with van der Waals surface area (Å²) in [6.07, 6.45) is -3.33. The van der Waals surface area contributed by atoms with Crippen LogP contribution in [0.3, 0.4) is 0 Å². The molecule has 3 rings (SSSR count). The van der Waals surface area contributed by atoms with Crippen LogP contribution in [-0.2, 0) is 11.0 Å². The molecule has 5 nitrogen and oxygen atoms in total. The summed E-state index contributed by atoms with van der Waals surface area (Å²) in [6.45, 7) is 0. The number of halogens is 3. The summed E-state index contributed by atoms with van der Waals surface area (Å²) in [4.78, 5) is 23.7. The molecular weight excluding hydrogens is 411 g/mol. The number of amides is 1. The second-order valence-corrected chi connectivity index (χ2v) is 6.35. The summed E-state index contributed by atoms with van der Waals surface area (Å²) < 4.78 is 44.6. The van der Waals surface area contributed by atoms with E-state index in [0.29, 0.717) is 11.1 Å². The smallest absolute Gasteiger partial charge is 0.419 e. The fraction of sp³-hybridized carbons (Fsp3) is 0.0435. The second kappa shape index (κ2) is 9.17. The largest absolute Gasteiger partial charge is 0.477 e. The first-order valence-corrected chi connectivity index (χ1v) is 8.99. The average Bonchev–Trinajstić information content (AvgIpc) is 2.74. The van der Waals surface area contributed by atoms with Crippen LogP contribution < -0.4 is 10.1 Å². The van der Waals surface area contributed by atoms with Crippen molar-refractivity contribution in [1.82, 2.24) is 5.32 Å². The number of ether oxygens (including phenoxy) is 1. The third-order valence-corrected chi connectivity index (χ3v) is 4.13. The standard InChI is InChI=1S/C23H16F3NO4/c24-23(25,26)18-8-4-5-9-20(18)31-17-12-10-15(11-13-17)14-19(22(29)30)27-21(28)16-6-2-1-3-7-16/h1-14H,(H,27,28)(H,29,30)/b19-14-. The maximum absolute atomic E-state index is 13.1. The van der Waals surface area contributed by atoms with Crippen LogP contribution >= 0.6 is 0 Å². The number of nitrogens with one attached hydrogen (secondary N) is 1. The van der Waals surface area contributed by atoms with E-state index in [1.165, 1.54) is 48.5 Å². The molecule has 8 heteroatoms. The molecule has 0 unspecified atom stereocenters. The Morgan fingerprint density at radius 2 is 1.48 bits per heavy atom. The normalized spacial score (nSPS) is 11.6. The van der Waals surface area contributed by atoms with Crippen molar-refractivity contribution in [3.8, 4) is 11.5 Å². The molecule has 0 aliphatic rings. The SMILES string of the molecule is O=C(O)/C(=C/c1ccc(Oc2ccccc2C(F)(F)F)cc1)NC(=O)c1ccccc1. The van der Waals surface area contributed by atoms with Crippen molar-refractivity contribution in [3.05, 3.63) is 101 Å². The van der Waals surface area contributed by atoms with Crippen LogP contribution in [-0.4, -0.2) is 17.0 Å². The summed E-state index contributed by atoms with van der Waals surface area (Å²) >= 11 is 0. The zero-order valence-electron chi connectivity index (χ0n) is 15.9. The van der Waals surface area contributed by atoms with Crippen molar-refractivity contribution in [1.29, 1.82) is 0 Å². The molecule has 0 saturated heterocycles. The molecule has 0 aliphatic carbocycles. The Morgan fingerprint density at radius 1 is 0.871 bits per heavy atom. The number of hydrogen-bond donors (Lipinski definition) is 2. The van der Waals surface area contributed by atoms with Gasteiger partial charge in [0.1, 0.15) is 17.2 Å². The number of para-hydroxylation sites is 1. The van der Waals surface area contributed by atoms with E-state index in [0.717, 1.165) is 6.07 Å². The molecule has 0 radical (unpaired) electrons. The maximum Gasteiger partial charge on any atom is 0.419 e. The molecule has 0 saturated carbocycles. The summed E-state index contributed by atoms with van der Waals surface area (Å²) in [7, 11) is 0. The van der Waals surface area contributed by atoms with Gasteiger partial charge in [-0.1, -0.05) is 42.5 Å². The van der Waals surface area contributed by atoms with Gasteiger partial charge in [-0.15, -0.1) is 0 Å². The highest BCUT2D eigenvalue weighted by Crippen LogP contribution is 2.37. The van der Waals surface area contributed by atoms with E-state index in [-0.39, 0.29) is 17.2 Å². The van der Waals surface area contributed by atoms with Gasteiger partial charge in [-0.3, -0.25) is 4.79 Å². The maximum atomic E-state index is 13.1. The predicted octanol–water partition coefficient (Wildman–Crippen LogP) is 5.35. The first-order chi connectivity index (χ1) is 14.7. The Morgan fingerprint density at radius 3 is 2.10 bits per heavy atom. The van der Waals surface area contributed by atoms with Crippen molar-refractivity contribution < 1.29 is 32.6 Å². The van der Waals surface area contributed by atoms with Gasteiger partial charge in [-0.2, -0.15) is 13.2 Å². The Labute approximate surface area is 175 Å². The van der Waals surface area contributed by atoms with Crippen molar-refractivity contribution in [2.75, 3.05) is 0 Å². The summed E-state index contributed by atoms with van der Waals surface area (Å²) in [5.74, 6) is -2.14. The number of benzene rings is 3. The van der Waals surface area contributed by atoms with Gasteiger partial charge in [0.05, 0.1) is 5.56 Å². The van der Waals surface area contributed by atoms with E-state index >= 15 is 0 Å². The minimum Gasteiger partial charge on any atom is -0.477 e. The fourth-order valence-electron chi connectivity index (χ4n) is 2.65. The van der Waals surface area contributed by atoms with Gasteiger partial charge in [0.25, 0.3) is 5.91 Å². The molecule has 0 spiro atoms. The van der Waals surface area contributed by atoms with Crippen LogP contribution in [0.5, 0.6) is 11.5 Å². The fourth-order valence-corrected chi connectivity index (χ4v) is 2.65. The zero-order valence-corrected chi connectivity index (χ0v) is 15.9. The summed E-state index contributed by atoms with van der Waals surface area (Å²) in [5.41, 5.74) is -0.565. The number of rotatable bonds is 6. The molecule has 0 aliphatic heterocycles. The summed E-state index contributed by atoms with van der Waals surface area (Å²) in [5, 5.41) is 11.7. The number of hydrogen-bond acceptors (Lipinski definition) is 3. The third-order valence-electron chi connectivity index (χ3n) is 4.13. The molecule has 0 atom stereocenters. The van der Waals surface area contributed by atoms with Crippen LogP contribution in [0.2, 0.25) is 0 Å². The minimum absolute atomic E-state index is 0.138. The number of carboxylic acids is 1. The monoisotopic (exact) mass is 427 g/mol. The quantitative estimate of drug-likeness (QED) is 0.520. The number of alkyl halides is 3. The molecule has 2 N–H and O–H groups in total. The molecule has 158 valence electrons. The van der Waals surface area contributed by atoms with E-state index in [2.05, 4.69) is 5.32 Å². The lowest BCUT2D eigenvalue weighted by atomic mass is 10.1. The molecule has 0 aromatic heterocycles. The van der Waals surface area contributed by atoms with Crippen molar-refractivity contribution in [2.24, 2.45) is 0 Å². The van der Waals surface area contributed by atoms with Crippen molar-refractivity contribution >= 4 is 18.0 Å². The second-order valence-electron chi connectivity index (χ2n) is 6.35. The first-order valence-electron chi connectivity index (χ1n) is 8.99. The van der Waals surface area contributed by atoms with Crippen LogP contribution in [0.4, 0.5) is 13.2 Å². The van der Waals surface area contributed by atoms with E-state index in [9.17, 15) is 27.9 Å². The van der Waals surface area contributed by atoms with E-state index in [1.807, 2.05) is 0 Å². The highest BCUT2D eigenvalue weighted by molar-refractivity contribution is 6.02. The molecule has 31 heavy (non-hydrogen) atoms. The first kappa shape index (κ1) is 21.6. The van der Waals surface area contributed by atoms with Crippen LogP contribution in [0.15, 0.2) is 84.6 Å². The molecule has 3 aromatic rings. The van der Waals surface area contributed by atoms with E-state index in [4.69, 9.17) is 4.74 Å². The number of carboxylic acid groups (broad SMARTS) is 1. The summed E-state index contributed by atoms with van der Waals surface area (Å²) in [6, 6.07) is 18.6. The lowest BCUT2D eigenvalue weighted by Gasteiger charge is -2.13. The zero-order chi connectivity index (χ0) is 22.4. The van der Waals surface area contributed by atoms with Crippen LogP contribution in [0, 0.1) is 0 Å². The average molecular weight is 427 g/mol. The topological polar surface area (TPSA) is 75.6 Å². The third kappa shape index (κ3) is 5.72. The lowest BCUT2D eigenvalue weighted by molar-refractivity contribution is -0.138. The van der Waals surface area contributed by atoms with Gasteiger partial charge in [0, 0.05) is 5.56 Å². The Balaban J connectivity index is 1.78. The lowest BCUT2D eigenvalue weighted by Crippen LogP contribution is -2.27. The van der Waals surface area contributed by atoms with Crippen LogP contribution in [0.25, 0.3) is 6.08 Å². The Bertz CT molecular complexity index is 1110. The van der Waals surface area contributed by atoms with Gasteiger partial charge in [-0.25, -0.2) is 4.79 Å². The van der Waals surface area contributed by atoms with Gasteiger partial charge in [0.15, 0.2) is 0 Å². The van der Waals surface area contributed by atoms with Crippen molar-refractivity contribution in [3.63, 3.8) is 0 Å². The molecule has 0 fully saturated rings. The number of carbonyl (C=O) groups excluding carboxylic acids is 1. The Kier molecular flexibility index (Phi) is 6.40. The van der Waals surface area contributed by atoms with Gasteiger partial charge < -0.3 is 15.2 Å². The number of aliphatic carboxylic acids is 1. The van der Waals surface area contributed by atoms with Gasteiger partial charge >= 0.3 is 12.1 Å². The molecule has 0 bridgehead atoms. The molecular formula is C23H16F3NO4. The van der Waals surface area contributed by atoms with E-state index in [1.54, 1.807) is 30.3 Å². The number of carbonyl (C=O) groups is 2. The van der Waals surface area contributed by atoms with Crippen molar-refractivity contribution in [2.45, 2.75) is 6.18 Å². The highest BCUT2D eigenvalue weighted by atomic mass is 19.4. The van der Waals surface area contributed by atoms with Gasteiger partial charge in [0.2, 0.25) is 0 Å². The van der Waals surface area contributed by atoms with Crippen LogP contribution in [0.1, 0.15) is 21.5 Å². The molecule has 1 amide bonds. The predicted molar refractivity (Wildman–Crippen MR) is 107 cm³/mol. The molecule has 3 aromatic carbocycles. The Hall–Kier alpha value is -4.07.